The van der Waals surface area contributed by atoms with E-state index in [2.05, 4.69) is 9.62 Å². The van der Waals surface area contributed by atoms with Gasteiger partial charge in [-0.05, 0) is 24.6 Å². The Morgan fingerprint density at radius 2 is 1.91 bits per heavy atom. The molecule has 0 fully saturated rings. The lowest BCUT2D eigenvalue weighted by Crippen LogP contribution is -2.29. The van der Waals surface area contributed by atoms with Crippen molar-refractivity contribution in [3.05, 3.63) is 53.6 Å². The molecule has 2 aromatic rings. The molecule has 0 amide bonds. The van der Waals surface area contributed by atoms with E-state index in [-0.39, 0.29) is 11.4 Å². The third-order valence-corrected chi connectivity index (χ3v) is 5.32. The van der Waals surface area contributed by atoms with Crippen LogP contribution in [0.2, 0.25) is 0 Å². The van der Waals surface area contributed by atoms with Crippen LogP contribution >= 0.6 is 0 Å². The summed E-state index contributed by atoms with van der Waals surface area (Å²) in [6.07, 6.45) is 0. The Balaban J connectivity index is 1.78. The molecule has 0 unspecified atom stereocenters. The highest BCUT2D eigenvalue weighted by Crippen LogP contribution is 2.32. The first-order valence-electron chi connectivity index (χ1n) is 7.49. The summed E-state index contributed by atoms with van der Waals surface area (Å²) in [5.41, 5.74) is 2.98. The van der Waals surface area contributed by atoms with E-state index < -0.39 is 10.0 Å². The van der Waals surface area contributed by atoms with Gasteiger partial charge < -0.3 is 9.64 Å². The largest absolute Gasteiger partial charge is 0.490 e. The lowest BCUT2D eigenvalue weighted by atomic mass is 10.2. The van der Waals surface area contributed by atoms with Gasteiger partial charge in [0.05, 0.1) is 17.1 Å². The van der Waals surface area contributed by atoms with E-state index in [0.717, 1.165) is 23.4 Å². The molecule has 122 valence electrons. The van der Waals surface area contributed by atoms with Crippen molar-refractivity contribution in [1.29, 1.82) is 0 Å². The molecule has 2 aromatic carbocycles. The van der Waals surface area contributed by atoms with E-state index in [1.807, 2.05) is 38.2 Å². The lowest BCUT2D eigenvalue weighted by molar-refractivity contribution is 0.310. The van der Waals surface area contributed by atoms with Crippen molar-refractivity contribution in [1.82, 2.24) is 4.72 Å². The zero-order valence-electron chi connectivity index (χ0n) is 13.2. The second-order valence-corrected chi connectivity index (χ2v) is 7.48. The Labute approximate surface area is 136 Å². The summed E-state index contributed by atoms with van der Waals surface area (Å²) in [7, 11) is -1.60. The average molecular weight is 332 g/mol. The number of fused-ring (bicyclic) bond motifs is 1. The van der Waals surface area contributed by atoms with Crippen LogP contribution in [0.3, 0.4) is 0 Å². The van der Waals surface area contributed by atoms with E-state index >= 15 is 0 Å². The SMILES string of the molecule is Cc1ccc(CNS(=O)(=O)c2ccc3c(c2)OCCN3C)cc1. The molecule has 5 nitrogen and oxygen atoms in total. The first kappa shape index (κ1) is 15.8. The molecule has 3 rings (SSSR count). The van der Waals surface area contributed by atoms with Gasteiger partial charge in [-0.25, -0.2) is 13.1 Å². The molecule has 1 N–H and O–H groups in total. The minimum Gasteiger partial charge on any atom is -0.490 e. The van der Waals surface area contributed by atoms with Gasteiger partial charge in [0.2, 0.25) is 10.0 Å². The Kier molecular flexibility index (Phi) is 4.28. The Morgan fingerprint density at radius 3 is 2.65 bits per heavy atom. The molecule has 6 heteroatoms. The number of hydrogen-bond acceptors (Lipinski definition) is 4. The number of anilines is 1. The van der Waals surface area contributed by atoms with E-state index in [1.54, 1.807) is 18.2 Å². The van der Waals surface area contributed by atoms with Crippen LogP contribution in [0.5, 0.6) is 5.75 Å². The summed E-state index contributed by atoms with van der Waals surface area (Å²) in [4.78, 5) is 2.27. The molecule has 0 atom stereocenters. The number of rotatable bonds is 4. The molecule has 0 saturated carbocycles. The third kappa shape index (κ3) is 3.48. The standard InChI is InChI=1S/C17H20N2O3S/c1-13-3-5-14(6-4-13)12-18-23(20,21)15-7-8-16-17(11-15)22-10-9-19(16)2/h3-8,11,18H,9-10,12H2,1-2H3. The van der Waals surface area contributed by atoms with E-state index in [9.17, 15) is 8.42 Å². The molecule has 1 aliphatic rings. The van der Waals surface area contributed by atoms with Crippen molar-refractivity contribution in [3.63, 3.8) is 0 Å². The summed E-state index contributed by atoms with van der Waals surface area (Å²) in [6.45, 7) is 3.62. The lowest BCUT2D eigenvalue weighted by Gasteiger charge is -2.27. The Hall–Kier alpha value is -2.05. The van der Waals surface area contributed by atoms with Gasteiger partial charge in [0.25, 0.3) is 0 Å². The van der Waals surface area contributed by atoms with Crippen molar-refractivity contribution >= 4 is 15.7 Å². The molecule has 23 heavy (non-hydrogen) atoms. The van der Waals surface area contributed by atoms with Crippen molar-refractivity contribution in [3.8, 4) is 5.75 Å². The van der Waals surface area contributed by atoms with Crippen molar-refractivity contribution in [2.75, 3.05) is 25.1 Å². The molecular weight excluding hydrogens is 312 g/mol. The van der Waals surface area contributed by atoms with E-state index in [0.29, 0.717) is 12.4 Å². The monoisotopic (exact) mass is 332 g/mol. The number of ether oxygens (including phenoxy) is 1. The fourth-order valence-corrected chi connectivity index (χ4v) is 3.51. The highest BCUT2D eigenvalue weighted by Gasteiger charge is 2.20. The number of likely N-dealkylation sites (N-methyl/N-ethyl adjacent to an activating group) is 1. The molecule has 0 saturated heterocycles. The second-order valence-electron chi connectivity index (χ2n) is 5.71. The highest BCUT2D eigenvalue weighted by atomic mass is 32.2. The van der Waals surface area contributed by atoms with Gasteiger partial charge in [-0.3, -0.25) is 0 Å². The molecule has 0 bridgehead atoms. The minimum absolute atomic E-state index is 0.221. The maximum Gasteiger partial charge on any atom is 0.241 e. The zero-order valence-corrected chi connectivity index (χ0v) is 14.1. The fraction of sp³-hybridized carbons (Fsp3) is 0.294. The zero-order chi connectivity index (χ0) is 16.4. The summed E-state index contributed by atoms with van der Waals surface area (Å²) in [5.74, 6) is 0.608. The number of nitrogens with one attached hydrogen (secondary N) is 1. The molecule has 0 spiro atoms. The first-order valence-corrected chi connectivity index (χ1v) is 8.97. The van der Waals surface area contributed by atoms with Gasteiger partial charge in [0.15, 0.2) is 0 Å². The molecule has 0 aliphatic carbocycles. The third-order valence-electron chi connectivity index (χ3n) is 3.92. The van der Waals surface area contributed by atoms with Gasteiger partial charge >= 0.3 is 0 Å². The van der Waals surface area contributed by atoms with Gasteiger partial charge in [0.1, 0.15) is 12.4 Å². The summed E-state index contributed by atoms with van der Waals surface area (Å²) in [6, 6.07) is 12.8. The van der Waals surface area contributed by atoms with Crippen LogP contribution < -0.4 is 14.4 Å². The molecule has 1 aliphatic heterocycles. The Morgan fingerprint density at radius 1 is 1.17 bits per heavy atom. The van der Waals surface area contributed by atoms with Crippen LogP contribution in [0, 0.1) is 6.92 Å². The quantitative estimate of drug-likeness (QED) is 0.933. The van der Waals surface area contributed by atoms with Gasteiger partial charge in [-0.2, -0.15) is 0 Å². The minimum atomic E-state index is -3.57. The van der Waals surface area contributed by atoms with Gasteiger partial charge in [0, 0.05) is 19.7 Å². The predicted octanol–water partition coefficient (Wildman–Crippen LogP) is 2.30. The summed E-state index contributed by atoms with van der Waals surface area (Å²) >= 11 is 0. The Bertz CT molecular complexity index is 801. The van der Waals surface area contributed by atoms with Crippen molar-refractivity contribution in [2.24, 2.45) is 0 Å². The van der Waals surface area contributed by atoms with Gasteiger partial charge in [-0.15, -0.1) is 0 Å². The van der Waals surface area contributed by atoms with Crippen LogP contribution in [-0.4, -0.2) is 28.6 Å². The number of sulfonamides is 1. The summed E-state index contributed by atoms with van der Waals surface area (Å²) in [5, 5.41) is 0. The van der Waals surface area contributed by atoms with Crippen LogP contribution in [-0.2, 0) is 16.6 Å². The first-order chi connectivity index (χ1) is 11.0. The van der Waals surface area contributed by atoms with E-state index in [1.165, 1.54) is 0 Å². The summed E-state index contributed by atoms with van der Waals surface area (Å²) < 4.78 is 33.1. The fourth-order valence-electron chi connectivity index (χ4n) is 2.47. The average Bonchev–Trinajstić information content (AvgIpc) is 2.54. The molecular formula is C17H20N2O3S. The maximum atomic E-state index is 12.5. The molecule has 0 radical (unpaired) electrons. The van der Waals surface area contributed by atoms with Gasteiger partial charge in [-0.1, -0.05) is 29.8 Å². The van der Waals surface area contributed by atoms with Crippen LogP contribution in [0.25, 0.3) is 0 Å². The highest BCUT2D eigenvalue weighted by molar-refractivity contribution is 7.89. The maximum absolute atomic E-state index is 12.5. The second kappa shape index (κ2) is 6.22. The van der Waals surface area contributed by atoms with Crippen molar-refractivity contribution < 1.29 is 13.2 Å². The van der Waals surface area contributed by atoms with Crippen LogP contribution in [0.4, 0.5) is 5.69 Å². The normalized spacial score (nSPS) is 14.3. The van der Waals surface area contributed by atoms with Crippen LogP contribution in [0.1, 0.15) is 11.1 Å². The number of nitrogens with zero attached hydrogens (tertiary/aromatic N) is 1. The smallest absolute Gasteiger partial charge is 0.241 e. The number of hydrogen-bond donors (Lipinski definition) is 1. The number of aryl methyl sites for hydroxylation is 1. The van der Waals surface area contributed by atoms with E-state index in [4.69, 9.17) is 4.74 Å². The predicted molar refractivity (Wildman–Crippen MR) is 90.4 cm³/mol. The molecule has 0 aromatic heterocycles. The topological polar surface area (TPSA) is 58.6 Å². The van der Waals surface area contributed by atoms with Crippen molar-refractivity contribution in [2.45, 2.75) is 18.4 Å². The number of benzene rings is 2. The molecule has 1 heterocycles. The van der Waals surface area contributed by atoms with Crippen LogP contribution in [0.15, 0.2) is 47.4 Å².